The number of nitrogens with two attached hydrogens (primary N) is 1. The first-order chi connectivity index (χ1) is 8.18. The van der Waals surface area contributed by atoms with E-state index in [9.17, 15) is 0 Å². The summed E-state index contributed by atoms with van der Waals surface area (Å²) in [6.45, 7) is 3.65. The normalized spacial score (nSPS) is 29.2. The Morgan fingerprint density at radius 3 is 2.82 bits per heavy atom. The van der Waals surface area contributed by atoms with E-state index >= 15 is 0 Å². The molecule has 0 aliphatic heterocycles. The zero-order valence-electron chi connectivity index (χ0n) is 10.7. The minimum atomic E-state index is -0.0908. The lowest BCUT2D eigenvalue weighted by atomic mass is 9.77. The van der Waals surface area contributed by atoms with Gasteiger partial charge >= 0.3 is 0 Å². The van der Waals surface area contributed by atoms with Gasteiger partial charge in [0, 0.05) is 5.54 Å². The van der Waals surface area contributed by atoms with Crippen LogP contribution in [0.1, 0.15) is 38.2 Å². The number of benzene rings is 1. The van der Waals surface area contributed by atoms with Gasteiger partial charge in [-0.15, -0.1) is 0 Å². The molecule has 94 valence electrons. The van der Waals surface area contributed by atoms with Gasteiger partial charge in [0.2, 0.25) is 0 Å². The average Bonchev–Trinajstić information content (AvgIpc) is 2.30. The molecule has 0 radical (unpaired) electrons. The van der Waals surface area contributed by atoms with Gasteiger partial charge < -0.3 is 10.5 Å². The van der Waals surface area contributed by atoms with Crippen LogP contribution in [0.15, 0.2) is 30.3 Å². The summed E-state index contributed by atoms with van der Waals surface area (Å²) in [7, 11) is 0. The smallest absolute Gasteiger partial charge is 0.0717 e. The van der Waals surface area contributed by atoms with Crippen molar-refractivity contribution in [1.82, 2.24) is 0 Å². The predicted molar refractivity (Wildman–Crippen MR) is 70.6 cm³/mol. The molecule has 1 aliphatic rings. The molecule has 1 saturated carbocycles. The Labute approximate surface area is 104 Å². The molecule has 0 spiro atoms. The van der Waals surface area contributed by atoms with Crippen LogP contribution in [0.3, 0.4) is 0 Å². The Morgan fingerprint density at radius 1 is 1.35 bits per heavy atom. The van der Waals surface area contributed by atoms with Crippen molar-refractivity contribution in [2.75, 3.05) is 6.61 Å². The molecule has 1 aromatic carbocycles. The molecule has 2 nitrogen and oxygen atoms in total. The van der Waals surface area contributed by atoms with Crippen molar-refractivity contribution >= 4 is 0 Å². The zero-order chi connectivity index (χ0) is 12.1. The number of ether oxygens (including phenoxy) is 1. The third-order valence-corrected chi connectivity index (χ3v) is 3.63. The van der Waals surface area contributed by atoms with Gasteiger partial charge in [-0.05, 0) is 24.3 Å². The van der Waals surface area contributed by atoms with E-state index in [0.717, 1.165) is 18.8 Å². The first kappa shape index (κ1) is 12.6. The number of hydrogen-bond donors (Lipinski definition) is 1. The molecular weight excluding hydrogens is 210 g/mol. The molecule has 0 saturated heterocycles. The predicted octanol–water partition coefficient (Wildman–Crippen LogP) is 3.11. The quantitative estimate of drug-likeness (QED) is 0.867. The van der Waals surface area contributed by atoms with Crippen molar-refractivity contribution in [1.29, 1.82) is 0 Å². The third-order valence-electron chi connectivity index (χ3n) is 3.63. The average molecular weight is 233 g/mol. The zero-order valence-corrected chi connectivity index (χ0v) is 10.7. The second-order valence-electron chi connectivity index (χ2n) is 5.54. The monoisotopic (exact) mass is 233 g/mol. The Morgan fingerprint density at radius 2 is 2.12 bits per heavy atom. The molecule has 0 bridgehead atoms. The molecule has 2 atom stereocenters. The Balaban J connectivity index is 1.78. The van der Waals surface area contributed by atoms with Gasteiger partial charge in [-0.2, -0.15) is 0 Å². The van der Waals surface area contributed by atoms with Gasteiger partial charge in [-0.25, -0.2) is 0 Å². The first-order valence-electron chi connectivity index (χ1n) is 6.58. The highest BCUT2D eigenvalue weighted by atomic mass is 16.5. The Kier molecular flexibility index (Phi) is 4.19. The Hall–Kier alpha value is -0.860. The number of hydrogen-bond acceptors (Lipinski definition) is 2. The van der Waals surface area contributed by atoms with E-state index in [1.807, 2.05) is 18.2 Å². The topological polar surface area (TPSA) is 35.2 Å². The highest BCUT2D eigenvalue weighted by Gasteiger charge is 2.31. The highest BCUT2D eigenvalue weighted by Crippen LogP contribution is 2.30. The summed E-state index contributed by atoms with van der Waals surface area (Å²) in [4.78, 5) is 0. The molecule has 0 aromatic heterocycles. The van der Waals surface area contributed by atoms with Crippen molar-refractivity contribution in [3.63, 3.8) is 0 Å². The summed E-state index contributed by atoms with van der Waals surface area (Å²) in [5, 5.41) is 0. The van der Waals surface area contributed by atoms with Crippen LogP contribution in [0, 0.1) is 5.92 Å². The SMILES string of the molecule is CC1CCCC(N)(COCc2ccccc2)C1. The molecule has 2 heteroatoms. The van der Waals surface area contributed by atoms with Crippen LogP contribution in [-0.2, 0) is 11.3 Å². The van der Waals surface area contributed by atoms with E-state index in [1.54, 1.807) is 0 Å². The van der Waals surface area contributed by atoms with Crippen molar-refractivity contribution in [2.24, 2.45) is 11.7 Å². The van der Waals surface area contributed by atoms with Crippen LogP contribution in [-0.4, -0.2) is 12.1 Å². The fourth-order valence-electron chi connectivity index (χ4n) is 2.78. The van der Waals surface area contributed by atoms with Crippen molar-refractivity contribution in [2.45, 2.75) is 44.8 Å². The van der Waals surface area contributed by atoms with Gasteiger partial charge in [0.15, 0.2) is 0 Å². The minimum Gasteiger partial charge on any atom is -0.375 e. The van der Waals surface area contributed by atoms with Crippen LogP contribution >= 0.6 is 0 Å². The lowest BCUT2D eigenvalue weighted by molar-refractivity contribution is 0.0483. The largest absolute Gasteiger partial charge is 0.375 e. The Bertz CT molecular complexity index is 338. The maximum Gasteiger partial charge on any atom is 0.0717 e. The summed E-state index contributed by atoms with van der Waals surface area (Å²) >= 11 is 0. The molecule has 0 heterocycles. The molecule has 1 fully saturated rings. The van der Waals surface area contributed by atoms with Crippen LogP contribution < -0.4 is 5.73 Å². The van der Waals surface area contributed by atoms with E-state index in [2.05, 4.69) is 19.1 Å². The molecule has 2 unspecified atom stereocenters. The summed E-state index contributed by atoms with van der Waals surface area (Å²) in [6, 6.07) is 10.3. The summed E-state index contributed by atoms with van der Waals surface area (Å²) in [5.74, 6) is 0.745. The first-order valence-corrected chi connectivity index (χ1v) is 6.58. The van der Waals surface area contributed by atoms with E-state index < -0.39 is 0 Å². The van der Waals surface area contributed by atoms with Crippen LogP contribution in [0.2, 0.25) is 0 Å². The van der Waals surface area contributed by atoms with Gasteiger partial charge in [0.05, 0.1) is 13.2 Å². The second-order valence-corrected chi connectivity index (χ2v) is 5.54. The van der Waals surface area contributed by atoms with Gasteiger partial charge in [-0.1, -0.05) is 50.1 Å². The fourth-order valence-corrected chi connectivity index (χ4v) is 2.78. The molecule has 0 amide bonds. The molecule has 1 aromatic rings. The molecule has 1 aliphatic carbocycles. The van der Waals surface area contributed by atoms with Gasteiger partial charge in [0.1, 0.15) is 0 Å². The summed E-state index contributed by atoms with van der Waals surface area (Å²) in [5.41, 5.74) is 7.52. The van der Waals surface area contributed by atoms with Gasteiger partial charge in [0.25, 0.3) is 0 Å². The van der Waals surface area contributed by atoms with Crippen molar-refractivity contribution in [3.8, 4) is 0 Å². The van der Waals surface area contributed by atoms with Crippen molar-refractivity contribution in [3.05, 3.63) is 35.9 Å². The third kappa shape index (κ3) is 3.83. The van der Waals surface area contributed by atoms with Crippen molar-refractivity contribution < 1.29 is 4.74 Å². The molecular formula is C15H23NO. The van der Waals surface area contributed by atoms with E-state index in [1.165, 1.54) is 18.4 Å². The highest BCUT2D eigenvalue weighted by molar-refractivity contribution is 5.13. The molecule has 17 heavy (non-hydrogen) atoms. The second kappa shape index (κ2) is 5.65. The van der Waals surface area contributed by atoms with E-state index in [4.69, 9.17) is 10.5 Å². The van der Waals surface area contributed by atoms with E-state index in [-0.39, 0.29) is 5.54 Å². The lowest BCUT2D eigenvalue weighted by Crippen LogP contribution is -2.47. The molecule has 2 N–H and O–H groups in total. The number of rotatable bonds is 4. The fraction of sp³-hybridized carbons (Fsp3) is 0.600. The van der Waals surface area contributed by atoms with Crippen LogP contribution in [0.25, 0.3) is 0 Å². The molecule has 2 rings (SSSR count). The van der Waals surface area contributed by atoms with E-state index in [0.29, 0.717) is 13.2 Å². The maximum atomic E-state index is 6.39. The summed E-state index contributed by atoms with van der Waals surface area (Å²) in [6.07, 6.45) is 4.76. The van der Waals surface area contributed by atoms with Crippen LogP contribution in [0.4, 0.5) is 0 Å². The lowest BCUT2D eigenvalue weighted by Gasteiger charge is -2.36. The van der Waals surface area contributed by atoms with Gasteiger partial charge in [-0.3, -0.25) is 0 Å². The summed E-state index contributed by atoms with van der Waals surface area (Å²) < 4.78 is 5.79. The minimum absolute atomic E-state index is 0.0908. The van der Waals surface area contributed by atoms with Crippen LogP contribution in [0.5, 0.6) is 0 Å². The maximum absolute atomic E-state index is 6.39. The standard InChI is InChI=1S/C15H23NO/c1-13-6-5-9-15(16,10-13)12-17-11-14-7-3-2-4-8-14/h2-4,7-8,13H,5-6,9-12,16H2,1H3.